The van der Waals surface area contributed by atoms with Crippen LogP contribution in [0, 0.1) is 0 Å². The fraction of sp³-hybridized carbons (Fsp3) is 0.227. The number of fused-ring (bicyclic) bond motifs is 9. The Hall–Kier alpha value is -4.02. The van der Waals surface area contributed by atoms with Gasteiger partial charge in [0.05, 0.1) is 11.4 Å². The predicted octanol–water partition coefficient (Wildman–Crippen LogP) is 14.3. The summed E-state index contributed by atoms with van der Waals surface area (Å²) in [6.45, 7) is 9.40. The minimum Gasteiger partial charge on any atom is -0.402 e. The molecule has 0 spiro atoms. The summed E-state index contributed by atoms with van der Waals surface area (Å²) in [7, 11) is -4.17. The first-order valence-corrected chi connectivity index (χ1v) is 23.6. The van der Waals surface area contributed by atoms with Crippen LogP contribution in [0.25, 0.3) is 55.6 Å². The molecule has 1 aromatic heterocycles. The van der Waals surface area contributed by atoms with Gasteiger partial charge in [-0.05, 0) is 92.5 Å². The van der Waals surface area contributed by atoms with Crippen molar-refractivity contribution in [1.82, 2.24) is 0 Å². The van der Waals surface area contributed by atoms with E-state index in [4.69, 9.17) is 8.39 Å². The summed E-state index contributed by atoms with van der Waals surface area (Å²) in [5.41, 5.74) is 6.47. The van der Waals surface area contributed by atoms with Crippen molar-refractivity contribution in [2.75, 3.05) is 40.2 Å². The van der Waals surface area contributed by atoms with Gasteiger partial charge in [0, 0.05) is 20.6 Å². The average molecular weight is 716 g/mol. The van der Waals surface area contributed by atoms with Gasteiger partial charge in [0.15, 0.2) is 11.2 Å². The van der Waals surface area contributed by atoms with Gasteiger partial charge in [-0.3, -0.25) is 0 Å². The summed E-state index contributed by atoms with van der Waals surface area (Å²) in [5, 5.41) is 7.31. The van der Waals surface area contributed by atoms with Gasteiger partial charge >= 0.3 is 8.16 Å². The molecule has 256 valence electrons. The van der Waals surface area contributed by atoms with Crippen LogP contribution >= 0.6 is 28.2 Å². The van der Waals surface area contributed by atoms with Crippen LogP contribution in [-0.4, -0.2) is 35.5 Å². The van der Waals surface area contributed by atoms with Crippen molar-refractivity contribution in [3.8, 4) is 0 Å². The van der Waals surface area contributed by atoms with Crippen LogP contribution in [0.1, 0.15) is 38.8 Å². The molecule has 0 atom stereocenters. The number of para-hydroxylation sites is 2. The molecule has 0 fully saturated rings. The van der Waals surface area contributed by atoms with Gasteiger partial charge in [-0.2, -0.15) is 0 Å². The lowest BCUT2D eigenvalue weighted by molar-refractivity contribution is 0.632. The van der Waals surface area contributed by atoms with E-state index < -0.39 is 28.2 Å². The number of nitrogens with zero attached hydrogens (tertiary/aromatic N) is 1. The van der Waals surface area contributed by atoms with E-state index in [-0.39, 0.29) is 0 Å². The Labute approximate surface area is 300 Å². The fourth-order valence-electron chi connectivity index (χ4n) is 7.43. The Morgan fingerprint density at radius 3 is 1.32 bits per heavy atom. The van der Waals surface area contributed by atoms with E-state index in [1.165, 1.54) is 42.1 Å². The summed E-state index contributed by atoms with van der Waals surface area (Å²) in [6.07, 6.45) is 9.43. The molecule has 7 aromatic rings. The molecule has 0 bridgehead atoms. The topological polar surface area (TPSA) is 29.5 Å². The summed E-state index contributed by atoms with van der Waals surface area (Å²) in [4.78, 5) is 2.68. The van der Waals surface area contributed by atoms with Crippen LogP contribution in [0.2, 0.25) is 0 Å². The molecule has 0 radical (unpaired) electrons. The summed E-state index contributed by atoms with van der Waals surface area (Å²) < 4.78 is 17.8. The maximum atomic E-state index is 7.69. The molecule has 0 amide bonds. The van der Waals surface area contributed by atoms with Crippen molar-refractivity contribution < 1.29 is 8.39 Å². The van der Waals surface area contributed by atoms with Gasteiger partial charge in [0.2, 0.25) is 0 Å². The maximum Gasteiger partial charge on any atom is 0.346 e. The van der Waals surface area contributed by atoms with Crippen molar-refractivity contribution in [2.24, 2.45) is 0 Å². The first kappa shape index (κ1) is 33.1. The summed E-state index contributed by atoms with van der Waals surface area (Å²) >= 11 is 0. The number of hydrogen-bond donors (Lipinski definition) is 0. The predicted molar refractivity (Wildman–Crippen MR) is 226 cm³/mol. The largest absolute Gasteiger partial charge is 0.402 e. The van der Waals surface area contributed by atoms with Crippen LogP contribution in [0.5, 0.6) is 0 Å². The van der Waals surface area contributed by atoms with Gasteiger partial charge in [0.1, 0.15) is 0 Å². The summed E-state index contributed by atoms with van der Waals surface area (Å²) in [5.74, 6) is 4.32. The van der Waals surface area contributed by atoms with E-state index in [0.29, 0.717) is 0 Å². The Kier molecular flexibility index (Phi) is 8.58. The second-order valence-electron chi connectivity index (χ2n) is 13.5. The third-order valence-electron chi connectivity index (χ3n) is 11.1. The number of benzene rings is 6. The van der Waals surface area contributed by atoms with E-state index in [2.05, 4.69) is 166 Å². The lowest BCUT2D eigenvalue weighted by Gasteiger charge is -2.35. The van der Waals surface area contributed by atoms with E-state index in [9.17, 15) is 0 Å². The second kappa shape index (κ2) is 12.9. The number of hydrogen-bond acceptors (Lipinski definition) is 3. The molecule has 8 rings (SSSR count). The summed E-state index contributed by atoms with van der Waals surface area (Å²) in [6, 6.07) is 40.1. The standard InChI is InChI=1S/C44H46NO2PS2/c1-7-49(5,8-2)39-29-33-21-11-15-23-35(33)41-42-36-24-16-12-22-34(36)30-40(50(6,9-3)10-4)44(42)47-48(46-43(39)41)45-37-25-17-13-19-31(37)27-28-32-20-14-18-26-38(32)45/h11-30H,7-10H2,1-6H3. The Morgan fingerprint density at radius 2 is 0.900 bits per heavy atom. The highest BCUT2D eigenvalue weighted by Crippen LogP contribution is 2.61. The average Bonchev–Trinajstić information content (AvgIpc) is 3.45. The smallest absolute Gasteiger partial charge is 0.346 e. The monoisotopic (exact) mass is 715 g/mol. The van der Waals surface area contributed by atoms with Crippen LogP contribution < -0.4 is 4.67 Å². The van der Waals surface area contributed by atoms with Crippen LogP contribution in [0.3, 0.4) is 0 Å². The SMILES string of the molecule is CCS(C)(CC)c1cc2ccccc2c2c1op(N1c3ccccc3C=Cc3ccccc31)oc1c(S(C)(CC)CC)cc3ccccc3c12. The van der Waals surface area contributed by atoms with E-state index >= 15 is 0 Å². The van der Waals surface area contributed by atoms with Gasteiger partial charge in [-0.1, -0.05) is 125 Å². The highest BCUT2D eigenvalue weighted by molar-refractivity contribution is 8.33. The van der Waals surface area contributed by atoms with Crippen molar-refractivity contribution in [3.63, 3.8) is 0 Å². The van der Waals surface area contributed by atoms with Gasteiger partial charge in [-0.15, -0.1) is 0 Å². The van der Waals surface area contributed by atoms with Crippen LogP contribution in [0.4, 0.5) is 11.4 Å². The van der Waals surface area contributed by atoms with Gasteiger partial charge in [0.25, 0.3) is 0 Å². The molecule has 50 heavy (non-hydrogen) atoms. The number of rotatable bonds is 7. The minimum atomic E-state index is -1.72. The molecule has 6 heteroatoms. The molecule has 0 unspecified atom stereocenters. The van der Waals surface area contributed by atoms with Crippen molar-refractivity contribution in [2.45, 2.75) is 37.5 Å². The molecule has 1 aliphatic heterocycles. The normalized spacial score (nSPS) is 13.8. The molecule has 6 aromatic carbocycles. The first-order chi connectivity index (χ1) is 24.3. The van der Waals surface area contributed by atoms with Crippen LogP contribution in [0.15, 0.2) is 127 Å². The van der Waals surface area contributed by atoms with E-state index in [0.717, 1.165) is 56.7 Å². The van der Waals surface area contributed by atoms with Gasteiger partial charge < -0.3 is 8.39 Å². The quantitative estimate of drug-likeness (QED) is 0.165. The molecule has 3 nitrogen and oxygen atoms in total. The second-order valence-corrected chi connectivity index (χ2v) is 23.0. The molecule has 0 aliphatic carbocycles. The zero-order chi connectivity index (χ0) is 34.6. The highest BCUT2D eigenvalue weighted by atomic mass is 32.3. The molecule has 0 saturated heterocycles. The zero-order valence-electron chi connectivity index (χ0n) is 29.9. The van der Waals surface area contributed by atoms with Gasteiger partial charge in [-0.25, -0.2) is 24.7 Å². The van der Waals surface area contributed by atoms with Crippen LogP contribution in [-0.2, 0) is 0 Å². The van der Waals surface area contributed by atoms with E-state index in [1.807, 2.05) is 0 Å². The maximum absolute atomic E-state index is 7.69. The highest BCUT2D eigenvalue weighted by Gasteiger charge is 2.30. The Balaban J connectivity index is 1.70. The Bertz CT molecular complexity index is 2320. The fourth-order valence-corrected chi connectivity index (χ4v) is 13.2. The van der Waals surface area contributed by atoms with E-state index in [1.54, 1.807) is 0 Å². The molecule has 0 N–H and O–H groups in total. The molecule has 0 saturated carbocycles. The van der Waals surface area contributed by atoms with Crippen molar-refractivity contribution in [1.29, 1.82) is 0 Å². The molecule has 2 heterocycles. The molecular formula is C44H46NO2PS2. The Morgan fingerprint density at radius 1 is 0.520 bits per heavy atom. The first-order valence-electron chi connectivity index (χ1n) is 17.8. The minimum absolute atomic E-state index is 0.994. The third-order valence-corrected chi connectivity index (χ3v) is 20.3. The number of anilines is 2. The zero-order valence-corrected chi connectivity index (χ0v) is 32.4. The third kappa shape index (κ3) is 5.20. The molecule has 1 aliphatic rings. The molecular weight excluding hydrogens is 670 g/mol. The lowest BCUT2D eigenvalue weighted by Crippen LogP contribution is -2.08. The van der Waals surface area contributed by atoms with Crippen molar-refractivity contribution >= 4 is 95.2 Å². The van der Waals surface area contributed by atoms with Crippen molar-refractivity contribution in [3.05, 3.63) is 120 Å². The lowest BCUT2D eigenvalue weighted by atomic mass is 9.98.